The van der Waals surface area contributed by atoms with Crippen LogP contribution in [0.4, 0.5) is 10.8 Å². The smallest absolute Gasteiger partial charge is 0.210 e. The SMILES string of the molecule is COc1ccc(Nc2nnc(SCCCc3ccccc3)s2)cc1. The second-order valence-electron chi connectivity index (χ2n) is 5.16. The number of nitrogens with one attached hydrogen (secondary N) is 1. The molecule has 124 valence electrons. The van der Waals surface area contributed by atoms with Crippen LogP contribution >= 0.6 is 23.1 Å². The maximum Gasteiger partial charge on any atom is 0.210 e. The van der Waals surface area contributed by atoms with Crippen molar-refractivity contribution in [3.8, 4) is 5.75 Å². The molecule has 3 aromatic rings. The first kappa shape index (κ1) is 16.8. The summed E-state index contributed by atoms with van der Waals surface area (Å²) < 4.78 is 6.15. The van der Waals surface area contributed by atoms with Crippen LogP contribution in [0.2, 0.25) is 0 Å². The van der Waals surface area contributed by atoms with Crippen molar-refractivity contribution in [3.63, 3.8) is 0 Å². The lowest BCUT2D eigenvalue weighted by atomic mass is 10.1. The van der Waals surface area contributed by atoms with Crippen molar-refractivity contribution >= 4 is 33.9 Å². The largest absolute Gasteiger partial charge is 0.497 e. The number of methoxy groups -OCH3 is 1. The zero-order valence-electron chi connectivity index (χ0n) is 13.4. The molecule has 0 radical (unpaired) electrons. The normalized spacial score (nSPS) is 10.5. The molecule has 0 atom stereocenters. The molecule has 3 rings (SSSR count). The van der Waals surface area contributed by atoms with Gasteiger partial charge in [0.25, 0.3) is 0 Å². The van der Waals surface area contributed by atoms with Crippen LogP contribution in [0.3, 0.4) is 0 Å². The van der Waals surface area contributed by atoms with E-state index >= 15 is 0 Å². The van der Waals surface area contributed by atoms with Crippen molar-refractivity contribution < 1.29 is 4.74 Å². The molecule has 0 spiro atoms. The summed E-state index contributed by atoms with van der Waals surface area (Å²) in [5.74, 6) is 1.89. The third-order valence-electron chi connectivity index (χ3n) is 3.43. The molecule has 0 amide bonds. The lowest BCUT2D eigenvalue weighted by Crippen LogP contribution is -1.89. The van der Waals surface area contributed by atoms with Crippen molar-refractivity contribution in [2.24, 2.45) is 0 Å². The number of aryl methyl sites for hydroxylation is 1. The number of nitrogens with zero attached hydrogens (tertiary/aromatic N) is 2. The zero-order valence-corrected chi connectivity index (χ0v) is 15.1. The van der Waals surface area contributed by atoms with Crippen LogP contribution < -0.4 is 10.1 Å². The summed E-state index contributed by atoms with van der Waals surface area (Å²) in [5, 5.41) is 12.5. The van der Waals surface area contributed by atoms with Crippen LogP contribution in [0.5, 0.6) is 5.75 Å². The molecule has 24 heavy (non-hydrogen) atoms. The Bertz CT molecular complexity index is 744. The van der Waals surface area contributed by atoms with Crippen LogP contribution in [-0.2, 0) is 6.42 Å². The Labute approximate surface area is 150 Å². The predicted octanol–water partition coefficient (Wildman–Crippen LogP) is 5.02. The number of hydrogen-bond acceptors (Lipinski definition) is 6. The van der Waals surface area contributed by atoms with Gasteiger partial charge in [-0.05, 0) is 42.7 Å². The summed E-state index contributed by atoms with van der Waals surface area (Å²) >= 11 is 3.34. The summed E-state index contributed by atoms with van der Waals surface area (Å²) in [5.41, 5.74) is 2.37. The first-order chi connectivity index (χ1) is 11.8. The zero-order chi connectivity index (χ0) is 16.6. The number of thioether (sulfide) groups is 1. The van der Waals surface area contributed by atoms with Gasteiger partial charge in [-0.25, -0.2) is 0 Å². The molecular weight excluding hydrogens is 338 g/mol. The van der Waals surface area contributed by atoms with E-state index in [9.17, 15) is 0 Å². The highest BCUT2D eigenvalue weighted by Crippen LogP contribution is 2.28. The van der Waals surface area contributed by atoms with Crippen molar-refractivity contribution in [1.29, 1.82) is 0 Å². The molecule has 4 nitrogen and oxygen atoms in total. The fraction of sp³-hybridized carbons (Fsp3) is 0.222. The van der Waals surface area contributed by atoms with Gasteiger partial charge in [0.15, 0.2) is 4.34 Å². The maximum atomic E-state index is 5.15. The van der Waals surface area contributed by atoms with E-state index in [1.54, 1.807) is 30.2 Å². The highest BCUT2D eigenvalue weighted by Gasteiger charge is 2.05. The monoisotopic (exact) mass is 357 g/mol. The van der Waals surface area contributed by atoms with Crippen LogP contribution in [0.25, 0.3) is 0 Å². The van der Waals surface area contributed by atoms with Gasteiger partial charge >= 0.3 is 0 Å². The minimum Gasteiger partial charge on any atom is -0.497 e. The van der Waals surface area contributed by atoms with Crippen molar-refractivity contribution in [2.45, 2.75) is 17.2 Å². The molecule has 0 aliphatic rings. The molecule has 2 aromatic carbocycles. The van der Waals surface area contributed by atoms with Gasteiger partial charge in [-0.3, -0.25) is 0 Å². The van der Waals surface area contributed by atoms with Crippen molar-refractivity contribution in [3.05, 3.63) is 60.2 Å². The van der Waals surface area contributed by atoms with Gasteiger partial charge in [0.2, 0.25) is 5.13 Å². The summed E-state index contributed by atoms with van der Waals surface area (Å²) in [4.78, 5) is 0. The molecule has 1 heterocycles. The standard InChI is InChI=1S/C18H19N3OS2/c1-22-16-11-9-15(10-12-16)19-17-20-21-18(24-17)23-13-5-8-14-6-3-2-4-7-14/h2-4,6-7,9-12H,5,8,13H2,1H3,(H,19,20). The van der Waals surface area contributed by atoms with E-state index in [0.717, 1.165) is 39.5 Å². The lowest BCUT2D eigenvalue weighted by Gasteiger charge is -2.03. The fourth-order valence-corrected chi connectivity index (χ4v) is 3.98. The van der Waals surface area contributed by atoms with Gasteiger partial charge in [-0.15, -0.1) is 10.2 Å². The Morgan fingerprint density at radius 2 is 1.83 bits per heavy atom. The number of hydrogen-bond donors (Lipinski definition) is 1. The fourth-order valence-electron chi connectivity index (χ4n) is 2.20. The molecule has 0 saturated heterocycles. The highest BCUT2D eigenvalue weighted by atomic mass is 32.2. The lowest BCUT2D eigenvalue weighted by molar-refractivity contribution is 0.415. The Morgan fingerprint density at radius 3 is 2.58 bits per heavy atom. The number of benzene rings is 2. The van der Waals surface area contributed by atoms with Gasteiger partial charge < -0.3 is 10.1 Å². The number of anilines is 2. The van der Waals surface area contributed by atoms with E-state index < -0.39 is 0 Å². The average molecular weight is 358 g/mol. The molecule has 6 heteroatoms. The highest BCUT2D eigenvalue weighted by molar-refractivity contribution is 8.01. The van der Waals surface area contributed by atoms with E-state index in [1.165, 1.54) is 5.56 Å². The van der Waals surface area contributed by atoms with Crippen LogP contribution in [0.15, 0.2) is 58.9 Å². The van der Waals surface area contributed by atoms with E-state index in [1.807, 2.05) is 24.3 Å². The van der Waals surface area contributed by atoms with Gasteiger partial charge in [-0.1, -0.05) is 53.4 Å². The molecule has 0 unspecified atom stereocenters. The van der Waals surface area contributed by atoms with E-state index in [2.05, 4.69) is 45.8 Å². The molecule has 0 aliphatic carbocycles. The maximum absolute atomic E-state index is 5.15. The number of aromatic nitrogens is 2. The first-order valence-corrected chi connectivity index (χ1v) is 9.55. The summed E-state index contributed by atoms with van der Waals surface area (Å²) in [6.07, 6.45) is 2.24. The van der Waals surface area contributed by atoms with Gasteiger partial charge in [0.1, 0.15) is 5.75 Å². The quantitative estimate of drug-likeness (QED) is 0.453. The topological polar surface area (TPSA) is 47.0 Å². The Morgan fingerprint density at radius 1 is 1.04 bits per heavy atom. The summed E-state index contributed by atoms with van der Waals surface area (Å²) in [6, 6.07) is 18.3. The van der Waals surface area contributed by atoms with Crippen molar-refractivity contribution in [1.82, 2.24) is 10.2 Å². The number of ether oxygens (including phenoxy) is 1. The van der Waals surface area contributed by atoms with E-state index in [-0.39, 0.29) is 0 Å². The Balaban J connectivity index is 1.44. The molecule has 0 saturated carbocycles. The van der Waals surface area contributed by atoms with Crippen LogP contribution in [0.1, 0.15) is 12.0 Å². The van der Waals surface area contributed by atoms with Gasteiger partial charge in [-0.2, -0.15) is 0 Å². The molecule has 0 bridgehead atoms. The molecule has 1 aromatic heterocycles. The van der Waals surface area contributed by atoms with Crippen molar-refractivity contribution in [2.75, 3.05) is 18.2 Å². The molecule has 0 aliphatic heterocycles. The third kappa shape index (κ3) is 4.97. The van der Waals surface area contributed by atoms with Gasteiger partial charge in [0, 0.05) is 11.4 Å². The predicted molar refractivity (Wildman–Crippen MR) is 102 cm³/mol. The summed E-state index contributed by atoms with van der Waals surface area (Å²) in [7, 11) is 1.66. The second-order valence-corrected chi connectivity index (χ2v) is 7.48. The average Bonchev–Trinajstić information content (AvgIpc) is 3.08. The van der Waals surface area contributed by atoms with E-state index in [4.69, 9.17) is 4.74 Å². The van der Waals surface area contributed by atoms with Crippen LogP contribution in [0, 0.1) is 0 Å². The third-order valence-corrected chi connectivity index (χ3v) is 5.48. The van der Waals surface area contributed by atoms with Crippen LogP contribution in [-0.4, -0.2) is 23.1 Å². The Kier molecular flexibility index (Phi) is 6.09. The minimum atomic E-state index is 0.811. The van der Waals surface area contributed by atoms with Gasteiger partial charge in [0.05, 0.1) is 7.11 Å². The number of rotatable bonds is 8. The molecule has 0 fully saturated rings. The Hall–Kier alpha value is -2.05. The second kappa shape index (κ2) is 8.70. The first-order valence-electron chi connectivity index (χ1n) is 7.75. The molecular formula is C18H19N3OS2. The van der Waals surface area contributed by atoms with E-state index in [0.29, 0.717) is 0 Å². The summed E-state index contributed by atoms with van der Waals surface area (Å²) in [6.45, 7) is 0. The molecule has 1 N–H and O–H groups in total. The minimum absolute atomic E-state index is 0.811.